The Kier molecular flexibility index (Phi) is 3.81. The quantitative estimate of drug-likeness (QED) is 0.660. The molecule has 0 nitrogen and oxygen atoms in total. The van der Waals surface area contributed by atoms with E-state index in [1.807, 2.05) is 12.2 Å². The van der Waals surface area contributed by atoms with Crippen molar-refractivity contribution >= 4 is 0 Å². The summed E-state index contributed by atoms with van der Waals surface area (Å²) in [5, 5.41) is 0. The summed E-state index contributed by atoms with van der Waals surface area (Å²) < 4.78 is 4.62. The van der Waals surface area contributed by atoms with E-state index in [4.69, 9.17) is 0 Å². The summed E-state index contributed by atoms with van der Waals surface area (Å²) in [6.07, 6.45) is 5.90. The molecule has 0 aromatic heterocycles. The van der Waals surface area contributed by atoms with Gasteiger partial charge in [0.1, 0.15) is 0 Å². The van der Waals surface area contributed by atoms with Crippen LogP contribution in [0.15, 0.2) is 37.0 Å². The molecule has 0 fully saturated rings. The van der Waals surface area contributed by atoms with Crippen molar-refractivity contribution in [2.24, 2.45) is 0 Å². The van der Waals surface area contributed by atoms with E-state index in [1.54, 1.807) is 0 Å². The van der Waals surface area contributed by atoms with Crippen LogP contribution in [0.25, 0.3) is 0 Å². The maximum absolute atomic E-state index is 3.62. The molecule has 54 valence electrons. The van der Waals surface area contributed by atoms with E-state index in [2.05, 4.69) is 20.7 Å². The molecule has 0 saturated heterocycles. The van der Waals surface area contributed by atoms with Crippen molar-refractivity contribution in [2.75, 3.05) is 0 Å². The molecule has 10 heavy (non-hydrogen) atoms. The van der Waals surface area contributed by atoms with Crippen LogP contribution in [0.3, 0.4) is 0 Å². The van der Waals surface area contributed by atoms with Crippen LogP contribution in [0.1, 0.15) is 6.92 Å². The predicted molar refractivity (Wildman–Crippen MR) is 41.2 cm³/mol. The number of hydrogen-bond donors (Lipinski definition) is 0. The fourth-order valence-electron chi connectivity index (χ4n) is 0.658. The van der Waals surface area contributed by atoms with Gasteiger partial charge in [0, 0.05) is 0 Å². The zero-order valence-electron chi connectivity index (χ0n) is 5.95. The first-order valence-electron chi connectivity index (χ1n) is 3.10. The average molecular weight is 249 g/mol. The standard InChI is InChI=1S/C9H10Xe/c1-3-4-5-9-7-10-6-8(9)2/h3-7H,1H2,2H3. The van der Waals surface area contributed by atoms with Gasteiger partial charge >= 0.3 is 88.2 Å². The third kappa shape index (κ3) is 2.29. The monoisotopic (exact) mass is 250 g/mol. The van der Waals surface area contributed by atoms with Gasteiger partial charge in [0.25, 0.3) is 0 Å². The molecular weight excluding hydrogens is 239 g/mol. The van der Waals surface area contributed by atoms with E-state index < -0.39 is 0 Å². The molecule has 0 spiro atoms. The summed E-state index contributed by atoms with van der Waals surface area (Å²) in [7, 11) is 0. The van der Waals surface area contributed by atoms with Crippen LogP contribution in [-0.4, -0.2) is 0 Å². The topological polar surface area (TPSA) is 0 Å². The van der Waals surface area contributed by atoms with Gasteiger partial charge in [0.2, 0.25) is 0 Å². The van der Waals surface area contributed by atoms with E-state index in [9.17, 15) is 0 Å². The van der Waals surface area contributed by atoms with Crippen molar-refractivity contribution in [1.82, 2.24) is 0 Å². The fraction of sp³-hybridized carbons (Fsp3) is 0.111. The first-order chi connectivity index (χ1) is 4.84. The zero-order valence-corrected chi connectivity index (χ0v) is 7.97. The first-order valence-corrected chi connectivity index (χ1v) is 5.43. The van der Waals surface area contributed by atoms with Gasteiger partial charge in [-0.15, -0.1) is 0 Å². The van der Waals surface area contributed by atoms with Gasteiger partial charge in [-0.3, -0.25) is 0 Å². The molecule has 0 N–H and O–H groups in total. The molecule has 0 aromatic rings. The summed E-state index contributed by atoms with van der Waals surface area (Å²) in [6, 6.07) is 0. The van der Waals surface area contributed by atoms with Crippen molar-refractivity contribution in [1.29, 1.82) is 0 Å². The molecule has 1 heterocycles. The summed E-state index contributed by atoms with van der Waals surface area (Å²) in [5.74, 6) is 0. The average Bonchev–Trinajstić information content (AvgIpc) is 2.31. The van der Waals surface area contributed by atoms with Crippen LogP contribution < -0.4 is 0 Å². The van der Waals surface area contributed by atoms with Gasteiger partial charge < -0.3 is 0 Å². The van der Waals surface area contributed by atoms with E-state index >= 15 is 0 Å². The van der Waals surface area contributed by atoms with Crippen LogP contribution >= 0.6 is 0 Å². The molecule has 1 aliphatic rings. The minimum absolute atomic E-state index is 0.389. The second-order valence-corrected chi connectivity index (χ2v) is 3.89. The maximum atomic E-state index is 3.62. The normalized spacial score (nSPS) is 18.1. The van der Waals surface area contributed by atoms with Crippen molar-refractivity contribution in [3.8, 4) is 0 Å². The predicted octanol–water partition coefficient (Wildman–Crippen LogP) is 2.61. The summed E-state index contributed by atoms with van der Waals surface area (Å²) in [4.78, 5) is 0. The van der Waals surface area contributed by atoms with E-state index in [1.165, 1.54) is 11.1 Å². The van der Waals surface area contributed by atoms with Crippen molar-refractivity contribution in [3.05, 3.63) is 37.0 Å². The number of hydrogen-bond acceptors (Lipinski definition) is 0. The molecule has 0 aromatic carbocycles. The van der Waals surface area contributed by atoms with E-state index in [0.29, 0.717) is 44.2 Å². The van der Waals surface area contributed by atoms with Crippen molar-refractivity contribution in [2.45, 2.75) is 6.92 Å². The molecule has 1 aliphatic heterocycles. The molecule has 1 rings (SSSR count). The third-order valence-electron chi connectivity index (χ3n) is 1.25. The van der Waals surface area contributed by atoms with Crippen LogP contribution in [0, 0.1) is 44.2 Å². The Labute approximate surface area is 86.7 Å². The molecule has 0 radical (unpaired) electrons. The zero-order chi connectivity index (χ0) is 7.40. The Balaban J connectivity index is 2.66. The van der Waals surface area contributed by atoms with Gasteiger partial charge in [-0.25, -0.2) is 0 Å². The van der Waals surface area contributed by atoms with Gasteiger partial charge in [-0.2, -0.15) is 0 Å². The van der Waals surface area contributed by atoms with Crippen molar-refractivity contribution < 1.29 is 44.2 Å². The number of allylic oxidation sites excluding steroid dienone is 5. The van der Waals surface area contributed by atoms with Gasteiger partial charge in [0.15, 0.2) is 0 Å². The molecule has 0 bridgehead atoms. The molecular formula is C9H10Xe. The Hall–Kier alpha value is 0.531. The van der Waals surface area contributed by atoms with Crippen molar-refractivity contribution in [3.63, 3.8) is 0 Å². The van der Waals surface area contributed by atoms with Gasteiger partial charge in [-0.05, 0) is 0 Å². The number of rotatable bonds is 2. The van der Waals surface area contributed by atoms with E-state index in [0.717, 1.165) is 0 Å². The molecule has 1 heteroatoms. The Morgan fingerprint density at radius 2 is 2.30 bits per heavy atom. The second-order valence-electron chi connectivity index (χ2n) is 2.06. The summed E-state index contributed by atoms with van der Waals surface area (Å²) in [6.45, 7) is 5.77. The Morgan fingerprint density at radius 1 is 1.50 bits per heavy atom. The summed E-state index contributed by atoms with van der Waals surface area (Å²) >= 11 is 0.389. The van der Waals surface area contributed by atoms with Crippen LogP contribution in [0.4, 0.5) is 0 Å². The Bertz CT molecular complexity index is 219. The molecule has 0 aliphatic carbocycles. The fourth-order valence-corrected chi connectivity index (χ4v) is 2.68. The van der Waals surface area contributed by atoms with E-state index in [-0.39, 0.29) is 0 Å². The van der Waals surface area contributed by atoms with Crippen LogP contribution in [0.2, 0.25) is 0 Å². The Morgan fingerprint density at radius 3 is 2.80 bits per heavy atom. The van der Waals surface area contributed by atoms with Gasteiger partial charge in [0.05, 0.1) is 0 Å². The van der Waals surface area contributed by atoms with Gasteiger partial charge in [-0.1, -0.05) is 0 Å². The molecule has 0 amide bonds. The molecule has 0 atom stereocenters. The minimum atomic E-state index is 0.389. The molecule has 0 unspecified atom stereocenters. The third-order valence-corrected chi connectivity index (χ3v) is 3.42. The molecule has 0 saturated carbocycles. The van der Waals surface area contributed by atoms with Crippen LogP contribution in [-0.2, 0) is 0 Å². The SMILES string of the molecule is C=CC=CC1=C[Xe]C=C1C. The summed E-state index contributed by atoms with van der Waals surface area (Å²) in [5.41, 5.74) is 2.79. The van der Waals surface area contributed by atoms with Crippen LogP contribution in [0.5, 0.6) is 0 Å². The first kappa shape index (κ1) is 8.63. The second kappa shape index (κ2) is 4.42.